The lowest BCUT2D eigenvalue weighted by molar-refractivity contribution is 0.166. The van der Waals surface area contributed by atoms with Crippen molar-refractivity contribution in [3.8, 4) is 5.75 Å². The van der Waals surface area contributed by atoms with Crippen molar-refractivity contribution in [1.29, 1.82) is 0 Å². The summed E-state index contributed by atoms with van der Waals surface area (Å²) in [7, 11) is 0. The molecule has 3 nitrogen and oxygen atoms in total. The summed E-state index contributed by atoms with van der Waals surface area (Å²) >= 11 is 12.0. The predicted octanol–water partition coefficient (Wildman–Crippen LogP) is 4.25. The third-order valence-electron chi connectivity index (χ3n) is 2.99. The van der Waals surface area contributed by atoms with Gasteiger partial charge in [-0.15, -0.1) is 0 Å². The van der Waals surface area contributed by atoms with Crippen molar-refractivity contribution in [2.24, 2.45) is 5.73 Å². The van der Waals surface area contributed by atoms with Crippen molar-refractivity contribution in [3.05, 3.63) is 58.3 Å². The minimum atomic E-state index is -0.347. The quantitative estimate of drug-likeness (QED) is 0.898. The summed E-state index contributed by atoms with van der Waals surface area (Å²) in [6, 6.07) is 10.6. The number of hydrogen-bond acceptors (Lipinski definition) is 3. The van der Waals surface area contributed by atoms with Crippen LogP contribution in [0.3, 0.4) is 0 Å². The summed E-state index contributed by atoms with van der Waals surface area (Å²) < 4.78 is 5.96. The number of ether oxygens (including phenoxy) is 1. The molecule has 1 aromatic carbocycles. The van der Waals surface area contributed by atoms with Gasteiger partial charge in [0.05, 0.1) is 10.7 Å². The number of benzene rings is 1. The average Bonchev–Trinajstić information content (AvgIpc) is 2.46. The molecule has 0 bridgehead atoms. The normalized spacial score (nSPS) is 13.8. The maximum atomic E-state index is 6.14. The first-order chi connectivity index (χ1) is 9.61. The number of nitrogens with zero attached hydrogens (tertiary/aromatic N) is 1. The number of hydrogen-bond donors (Lipinski definition) is 1. The van der Waals surface area contributed by atoms with Gasteiger partial charge in [-0.05, 0) is 36.8 Å². The third-order valence-corrected chi connectivity index (χ3v) is 3.52. The van der Waals surface area contributed by atoms with Crippen LogP contribution in [0.5, 0.6) is 5.75 Å². The summed E-state index contributed by atoms with van der Waals surface area (Å²) in [5.74, 6) is 0.551. The maximum absolute atomic E-state index is 6.14. The van der Waals surface area contributed by atoms with E-state index in [2.05, 4.69) is 4.98 Å². The Morgan fingerprint density at radius 2 is 2.05 bits per heavy atom. The zero-order valence-electron chi connectivity index (χ0n) is 11.1. The molecule has 2 atom stereocenters. The molecule has 0 fully saturated rings. The van der Waals surface area contributed by atoms with E-state index < -0.39 is 0 Å². The molecule has 2 N–H and O–H groups in total. The Kier molecular flexibility index (Phi) is 5.24. The number of pyridine rings is 1. The minimum absolute atomic E-state index is 0.170. The zero-order chi connectivity index (χ0) is 14.5. The first-order valence-corrected chi connectivity index (χ1v) is 7.15. The van der Waals surface area contributed by atoms with E-state index in [9.17, 15) is 0 Å². The smallest absolute Gasteiger partial charge is 0.156 e. The van der Waals surface area contributed by atoms with Gasteiger partial charge in [-0.1, -0.05) is 36.2 Å². The van der Waals surface area contributed by atoms with Crippen LogP contribution in [0.25, 0.3) is 0 Å². The zero-order valence-corrected chi connectivity index (χ0v) is 12.6. The molecule has 2 aromatic rings. The molecule has 0 radical (unpaired) electrons. The van der Waals surface area contributed by atoms with E-state index in [-0.39, 0.29) is 12.1 Å². The first-order valence-electron chi connectivity index (χ1n) is 6.40. The molecule has 1 heterocycles. The number of aromatic nitrogens is 1. The summed E-state index contributed by atoms with van der Waals surface area (Å²) in [6.07, 6.45) is 2.14. The molecule has 2 unspecified atom stereocenters. The van der Waals surface area contributed by atoms with Gasteiger partial charge >= 0.3 is 0 Å². The molecule has 0 saturated heterocycles. The fourth-order valence-corrected chi connectivity index (χ4v) is 2.29. The molecule has 20 heavy (non-hydrogen) atoms. The van der Waals surface area contributed by atoms with Crippen LogP contribution >= 0.6 is 23.2 Å². The van der Waals surface area contributed by atoms with Crippen molar-refractivity contribution in [1.82, 2.24) is 4.98 Å². The second-order valence-electron chi connectivity index (χ2n) is 4.44. The van der Waals surface area contributed by atoms with Crippen LogP contribution in [0.2, 0.25) is 10.0 Å². The molecule has 2 rings (SSSR count). The van der Waals surface area contributed by atoms with Crippen molar-refractivity contribution in [2.45, 2.75) is 25.5 Å². The van der Waals surface area contributed by atoms with Gasteiger partial charge in [0.25, 0.3) is 0 Å². The lowest BCUT2D eigenvalue weighted by Gasteiger charge is -2.24. The summed E-state index contributed by atoms with van der Waals surface area (Å²) in [5.41, 5.74) is 6.93. The fraction of sp³-hybridized carbons (Fsp3) is 0.267. The predicted molar refractivity (Wildman–Crippen MR) is 82.3 cm³/mol. The molecule has 1 aromatic heterocycles. The van der Waals surface area contributed by atoms with E-state index >= 15 is 0 Å². The second-order valence-corrected chi connectivity index (χ2v) is 5.28. The summed E-state index contributed by atoms with van der Waals surface area (Å²) in [5, 5.41) is 1.03. The van der Waals surface area contributed by atoms with Gasteiger partial charge in [-0.25, -0.2) is 0 Å². The molecule has 0 saturated carbocycles. The molecule has 0 amide bonds. The highest BCUT2D eigenvalue weighted by molar-refractivity contribution is 6.35. The standard InChI is InChI=1S/C15H16Cl2N2O/c1-2-12(18)15(13-5-3-4-8-19-13)20-14-7-6-10(16)9-11(14)17/h3-9,12,15H,2,18H2,1H3. The molecule has 0 aliphatic heterocycles. The Morgan fingerprint density at radius 3 is 2.65 bits per heavy atom. The van der Waals surface area contributed by atoms with Crippen LogP contribution in [-0.2, 0) is 0 Å². The van der Waals surface area contributed by atoms with Gasteiger partial charge in [0.15, 0.2) is 6.10 Å². The lowest BCUT2D eigenvalue weighted by Crippen LogP contribution is -2.32. The van der Waals surface area contributed by atoms with Crippen LogP contribution in [0.4, 0.5) is 0 Å². The van der Waals surface area contributed by atoms with Crippen molar-refractivity contribution in [2.75, 3.05) is 0 Å². The molecule has 0 spiro atoms. The van der Waals surface area contributed by atoms with Crippen molar-refractivity contribution in [3.63, 3.8) is 0 Å². The van der Waals surface area contributed by atoms with Gasteiger partial charge in [-0.3, -0.25) is 4.98 Å². The van der Waals surface area contributed by atoms with E-state index in [1.165, 1.54) is 0 Å². The largest absolute Gasteiger partial charge is 0.481 e. The SMILES string of the molecule is CCC(N)C(Oc1ccc(Cl)cc1Cl)c1ccccn1. The van der Waals surface area contributed by atoms with Crippen molar-refractivity contribution >= 4 is 23.2 Å². The Balaban J connectivity index is 2.29. The van der Waals surface area contributed by atoms with E-state index in [1.807, 2.05) is 25.1 Å². The van der Waals surface area contributed by atoms with Gasteiger partial charge in [0, 0.05) is 17.3 Å². The summed E-state index contributed by atoms with van der Waals surface area (Å²) in [4.78, 5) is 4.32. The van der Waals surface area contributed by atoms with Gasteiger partial charge in [0.2, 0.25) is 0 Å². The van der Waals surface area contributed by atoms with Crippen LogP contribution in [0.15, 0.2) is 42.6 Å². The van der Waals surface area contributed by atoms with Crippen LogP contribution in [0, 0.1) is 0 Å². The van der Waals surface area contributed by atoms with Gasteiger partial charge in [-0.2, -0.15) is 0 Å². The van der Waals surface area contributed by atoms with Crippen LogP contribution < -0.4 is 10.5 Å². The highest BCUT2D eigenvalue weighted by atomic mass is 35.5. The second kappa shape index (κ2) is 6.93. The lowest BCUT2D eigenvalue weighted by atomic mass is 10.1. The monoisotopic (exact) mass is 310 g/mol. The van der Waals surface area contributed by atoms with Crippen LogP contribution in [0.1, 0.15) is 25.1 Å². The highest BCUT2D eigenvalue weighted by Crippen LogP contribution is 2.32. The minimum Gasteiger partial charge on any atom is -0.481 e. The number of halogens is 2. The number of nitrogens with two attached hydrogens (primary N) is 1. The highest BCUT2D eigenvalue weighted by Gasteiger charge is 2.22. The Labute approximate surface area is 128 Å². The first kappa shape index (κ1) is 15.1. The average molecular weight is 311 g/mol. The van der Waals surface area contributed by atoms with E-state index in [0.717, 1.165) is 12.1 Å². The topological polar surface area (TPSA) is 48.1 Å². The molecule has 0 aliphatic rings. The summed E-state index contributed by atoms with van der Waals surface area (Å²) in [6.45, 7) is 2.01. The molecule has 106 valence electrons. The maximum Gasteiger partial charge on any atom is 0.156 e. The van der Waals surface area contributed by atoms with Crippen LogP contribution in [-0.4, -0.2) is 11.0 Å². The molecular formula is C15H16Cl2N2O. The molecular weight excluding hydrogens is 295 g/mol. The van der Waals surface area contributed by atoms with E-state index in [4.69, 9.17) is 33.7 Å². The third kappa shape index (κ3) is 3.63. The van der Waals surface area contributed by atoms with Gasteiger partial charge in [0.1, 0.15) is 5.75 Å². The van der Waals surface area contributed by atoms with E-state index in [0.29, 0.717) is 15.8 Å². The van der Waals surface area contributed by atoms with Gasteiger partial charge < -0.3 is 10.5 Å². The van der Waals surface area contributed by atoms with Crippen molar-refractivity contribution < 1.29 is 4.74 Å². The number of rotatable bonds is 5. The van der Waals surface area contributed by atoms with E-state index in [1.54, 1.807) is 24.4 Å². The molecule has 5 heteroatoms. The Morgan fingerprint density at radius 1 is 1.25 bits per heavy atom. The molecule has 0 aliphatic carbocycles. The Bertz CT molecular complexity index is 563. The fourth-order valence-electron chi connectivity index (χ4n) is 1.83. The Hall–Kier alpha value is -1.29.